The molecule has 1 aliphatic rings. The van der Waals surface area contributed by atoms with E-state index in [1.165, 1.54) is 0 Å². The third kappa shape index (κ3) is 5.27. The van der Waals surface area contributed by atoms with Gasteiger partial charge in [0.1, 0.15) is 0 Å². The van der Waals surface area contributed by atoms with Gasteiger partial charge in [0.05, 0.1) is 19.6 Å². The molecule has 0 unspecified atom stereocenters. The number of urea groups is 1. The molecular formula is C18H26N2O5. The Hall–Kier alpha value is -2.44. The van der Waals surface area contributed by atoms with Gasteiger partial charge in [0.2, 0.25) is 0 Å². The highest BCUT2D eigenvalue weighted by Crippen LogP contribution is 2.28. The van der Waals surface area contributed by atoms with E-state index in [1.807, 2.05) is 25.1 Å². The first kappa shape index (κ1) is 18.9. The van der Waals surface area contributed by atoms with Crippen molar-refractivity contribution in [3.8, 4) is 11.5 Å². The highest BCUT2D eigenvalue weighted by Gasteiger charge is 2.26. The van der Waals surface area contributed by atoms with Crippen LogP contribution < -0.4 is 14.8 Å². The summed E-state index contributed by atoms with van der Waals surface area (Å²) in [6.07, 6.45) is 1.71. The number of piperidine rings is 1. The molecule has 0 aliphatic carbocycles. The summed E-state index contributed by atoms with van der Waals surface area (Å²) in [6, 6.07) is 5.60. The Balaban J connectivity index is 1.78. The maximum atomic E-state index is 12.1. The molecule has 2 rings (SSSR count). The molecule has 0 aromatic heterocycles. The van der Waals surface area contributed by atoms with Gasteiger partial charge < -0.3 is 24.8 Å². The number of nitrogens with one attached hydrogen (secondary N) is 1. The van der Waals surface area contributed by atoms with Crippen molar-refractivity contribution in [1.29, 1.82) is 0 Å². The third-order valence-electron chi connectivity index (χ3n) is 4.35. The van der Waals surface area contributed by atoms with Crippen LogP contribution in [0, 0.1) is 5.92 Å². The maximum absolute atomic E-state index is 12.1. The molecule has 1 aliphatic heterocycles. The number of amides is 2. The first-order valence-electron chi connectivity index (χ1n) is 8.60. The number of carbonyl (C=O) groups excluding carboxylic acids is 1. The molecule has 0 saturated carbocycles. The number of carboxylic acids is 1. The van der Waals surface area contributed by atoms with Crippen LogP contribution in [-0.4, -0.2) is 55.4 Å². The van der Waals surface area contributed by atoms with Gasteiger partial charge >= 0.3 is 12.0 Å². The fourth-order valence-corrected chi connectivity index (χ4v) is 2.90. The highest BCUT2D eigenvalue weighted by molar-refractivity contribution is 5.75. The van der Waals surface area contributed by atoms with E-state index in [0.29, 0.717) is 57.0 Å². The predicted molar refractivity (Wildman–Crippen MR) is 93.2 cm³/mol. The van der Waals surface area contributed by atoms with E-state index in [9.17, 15) is 9.59 Å². The quantitative estimate of drug-likeness (QED) is 0.787. The molecule has 0 radical (unpaired) electrons. The lowest BCUT2D eigenvalue weighted by Gasteiger charge is -2.30. The summed E-state index contributed by atoms with van der Waals surface area (Å²) in [5.41, 5.74) is 1.05. The number of hydrogen-bond donors (Lipinski definition) is 2. The Kier molecular flexibility index (Phi) is 6.91. The fourth-order valence-electron chi connectivity index (χ4n) is 2.90. The molecule has 1 aromatic carbocycles. The average molecular weight is 350 g/mol. The van der Waals surface area contributed by atoms with Gasteiger partial charge in [-0.1, -0.05) is 6.07 Å². The van der Waals surface area contributed by atoms with Crippen LogP contribution in [0.25, 0.3) is 0 Å². The minimum absolute atomic E-state index is 0.137. The van der Waals surface area contributed by atoms with Gasteiger partial charge in [-0.15, -0.1) is 0 Å². The van der Waals surface area contributed by atoms with Crippen molar-refractivity contribution in [3.63, 3.8) is 0 Å². The average Bonchev–Trinajstić information content (AvgIpc) is 2.63. The van der Waals surface area contributed by atoms with Crippen LogP contribution in [-0.2, 0) is 11.2 Å². The number of likely N-dealkylation sites (tertiary alicyclic amines) is 1. The first-order valence-corrected chi connectivity index (χ1v) is 8.60. The molecule has 0 bridgehead atoms. The van der Waals surface area contributed by atoms with Gasteiger partial charge in [0, 0.05) is 19.6 Å². The molecule has 138 valence electrons. The molecule has 2 N–H and O–H groups in total. The number of rotatable bonds is 7. The Bertz CT molecular complexity index is 597. The topological polar surface area (TPSA) is 88.1 Å². The second-order valence-corrected chi connectivity index (χ2v) is 6.00. The van der Waals surface area contributed by atoms with Gasteiger partial charge in [-0.2, -0.15) is 0 Å². The molecule has 7 heteroatoms. The molecule has 25 heavy (non-hydrogen) atoms. The van der Waals surface area contributed by atoms with Crippen LogP contribution in [0.2, 0.25) is 0 Å². The molecule has 1 aromatic rings. The summed E-state index contributed by atoms with van der Waals surface area (Å²) < 4.78 is 10.8. The van der Waals surface area contributed by atoms with Crippen molar-refractivity contribution >= 4 is 12.0 Å². The summed E-state index contributed by atoms with van der Waals surface area (Å²) >= 11 is 0. The van der Waals surface area contributed by atoms with Gasteiger partial charge in [-0.3, -0.25) is 4.79 Å². The standard InChI is InChI=1S/C18H26N2O5/c1-3-25-15-5-4-13(12-16(15)24-2)6-9-19-18(23)20-10-7-14(8-11-20)17(21)22/h4-5,12,14H,3,6-11H2,1-2H3,(H,19,23)(H,21,22). The molecule has 0 atom stereocenters. The van der Waals surface area contributed by atoms with Crippen molar-refractivity contribution in [2.45, 2.75) is 26.2 Å². The van der Waals surface area contributed by atoms with Crippen LogP contribution in [0.1, 0.15) is 25.3 Å². The van der Waals surface area contributed by atoms with Crippen molar-refractivity contribution in [2.24, 2.45) is 5.92 Å². The number of aliphatic carboxylic acids is 1. The third-order valence-corrected chi connectivity index (χ3v) is 4.35. The Morgan fingerprint density at radius 1 is 1.28 bits per heavy atom. The van der Waals surface area contributed by atoms with Crippen LogP contribution in [0.4, 0.5) is 4.79 Å². The van der Waals surface area contributed by atoms with Crippen LogP contribution in [0.15, 0.2) is 18.2 Å². The Morgan fingerprint density at radius 3 is 2.60 bits per heavy atom. The van der Waals surface area contributed by atoms with E-state index in [4.69, 9.17) is 14.6 Å². The van der Waals surface area contributed by atoms with Crippen molar-refractivity contribution in [3.05, 3.63) is 23.8 Å². The van der Waals surface area contributed by atoms with Crippen molar-refractivity contribution < 1.29 is 24.2 Å². The fraction of sp³-hybridized carbons (Fsp3) is 0.556. The second kappa shape index (κ2) is 9.15. The summed E-state index contributed by atoms with van der Waals surface area (Å²) in [4.78, 5) is 24.8. The van der Waals surface area contributed by atoms with Crippen molar-refractivity contribution in [1.82, 2.24) is 10.2 Å². The van der Waals surface area contributed by atoms with Gasteiger partial charge in [0.25, 0.3) is 0 Å². The van der Waals surface area contributed by atoms with Gasteiger partial charge in [-0.05, 0) is 43.9 Å². The van der Waals surface area contributed by atoms with E-state index >= 15 is 0 Å². The maximum Gasteiger partial charge on any atom is 0.317 e. The van der Waals surface area contributed by atoms with E-state index in [-0.39, 0.29) is 11.9 Å². The molecule has 0 spiro atoms. The zero-order valence-corrected chi connectivity index (χ0v) is 14.8. The lowest BCUT2D eigenvalue weighted by molar-refractivity contribution is -0.143. The number of hydrogen-bond acceptors (Lipinski definition) is 4. The molecule has 7 nitrogen and oxygen atoms in total. The monoisotopic (exact) mass is 350 g/mol. The number of nitrogens with zero attached hydrogens (tertiary/aromatic N) is 1. The largest absolute Gasteiger partial charge is 0.493 e. The van der Waals surface area contributed by atoms with E-state index in [1.54, 1.807) is 12.0 Å². The van der Waals surface area contributed by atoms with E-state index < -0.39 is 5.97 Å². The zero-order valence-electron chi connectivity index (χ0n) is 14.8. The number of carbonyl (C=O) groups is 2. The lowest BCUT2D eigenvalue weighted by Crippen LogP contribution is -2.45. The highest BCUT2D eigenvalue weighted by atomic mass is 16.5. The normalized spacial score (nSPS) is 14.9. The molecule has 2 amide bonds. The Labute approximate surface area is 147 Å². The predicted octanol–water partition coefficient (Wildman–Crippen LogP) is 2.14. The lowest BCUT2D eigenvalue weighted by atomic mass is 9.97. The molecule has 1 heterocycles. The summed E-state index contributed by atoms with van der Waals surface area (Å²) in [5.74, 6) is 0.283. The summed E-state index contributed by atoms with van der Waals surface area (Å²) in [7, 11) is 1.60. The summed E-state index contributed by atoms with van der Waals surface area (Å²) in [6.45, 7) is 3.97. The van der Waals surface area contributed by atoms with Crippen LogP contribution in [0.3, 0.4) is 0 Å². The molecule has 1 fully saturated rings. The smallest absolute Gasteiger partial charge is 0.317 e. The Morgan fingerprint density at radius 2 is 2.00 bits per heavy atom. The van der Waals surface area contributed by atoms with E-state index in [2.05, 4.69) is 5.32 Å². The van der Waals surface area contributed by atoms with Crippen LogP contribution in [0.5, 0.6) is 11.5 Å². The molecule has 1 saturated heterocycles. The zero-order chi connectivity index (χ0) is 18.2. The number of benzene rings is 1. The number of carboxylic acid groups (broad SMARTS) is 1. The van der Waals surface area contributed by atoms with Gasteiger partial charge in [0.15, 0.2) is 11.5 Å². The summed E-state index contributed by atoms with van der Waals surface area (Å²) in [5, 5.41) is 11.9. The minimum atomic E-state index is -0.774. The molecular weight excluding hydrogens is 324 g/mol. The SMILES string of the molecule is CCOc1ccc(CCNC(=O)N2CCC(C(=O)O)CC2)cc1OC. The minimum Gasteiger partial charge on any atom is -0.493 e. The van der Waals surface area contributed by atoms with Crippen molar-refractivity contribution in [2.75, 3.05) is 33.4 Å². The number of methoxy groups -OCH3 is 1. The second-order valence-electron chi connectivity index (χ2n) is 6.00. The van der Waals surface area contributed by atoms with E-state index in [0.717, 1.165) is 5.56 Å². The number of ether oxygens (including phenoxy) is 2. The van der Waals surface area contributed by atoms with Crippen LogP contribution >= 0.6 is 0 Å². The van der Waals surface area contributed by atoms with Gasteiger partial charge in [-0.25, -0.2) is 4.79 Å². The first-order chi connectivity index (χ1) is 12.0.